The van der Waals surface area contributed by atoms with Crippen molar-refractivity contribution < 1.29 is 4.74 Å². The van der Waals surface area contributed by atoms with Crippen LogP contribution in [-0.2, 0) is 0 Å². The van der Waals surface area contributed by atoms with Gasteiger partial charge in [0.05, 0.1) is 7.11 Å². The Hall–Kier alpha value is -2.54. The first kappa shape index (κ1) is 13.4. The molecule has 1 nitrogen and oxygen atoms in total. The number of rotatable bonds is 3. The Morgan fingerprint density at radius 3 is 1.71 bits per heavy atom. The molecule has 0 fully saturated rings. The Balaban J connectivity index is 2.33. The van der Waals surface area contributed by atoms with Crippen LogP contribution < -0.4 is 4.74 Å². The Bertz CT molecular complexity index is 731. The summed E-state index contributed by atoms with van der Waals surface area (Å²) in [5, 5.41) is 0. The van der Waals surface area contributed by atoms with Crippen LogP contribution in [0.3, 0.4) is 0 Å². The third-order valence-electron chi connectivity index (χ3n) is 3.60. The minimum Gasteiger partial charge on any atom is -0.496 e. The zero-order chi connectivity index (χ0) is 14.7. The monoisotopic (exact) mass is 273 g/mol. The predicted octanol–water partition coefficient (Wildman–Crippen LogP) is 5.21. The van der Waals surface area contributed by atoms with Gasteiger partial charge in [-0.25, -0.2) is 0 Å². The smallest absolute Gasteiger partial charge is 0.127 e. The molecule has 1 heteroatoms. The third kappa shape index (κ3) is 2.55. The van der Waals surface area contributed by atoms with E-state index in [1.807, 2.05) is 48.5 Å². The van der Waals surface area contributed by atoms with Gasteiger partial charge in [-0.05, 0) is 35.2 Å². The van der Waals surface area contributed by atoms with Gasteiger partial charge < -0.3 is 4.74 Å². The van der Waals surface area contributed by atoms with Crippen molar-refractivity contribution in [1.29, 1.82) is 0 Å². The van der Waals surface area contributed by atoms with Crippen LogP contribution in [-0.4, -0.2) is 7.11 Å². The van der Waals surface area contributed by atoms with Gasteiger partial charge in [0.15, 0.2) is 0 Å². The lowest BCUT2D eigenvalue weighted by Crippen LogP contribution is -1.94. The lowest BCUT2D eigenvalue weighted by molar-refractivity contribution is 0.416. The van der Waals surface area contributed by atoms with Crippen molar-refractivity contribution in [2.24, 2.45) is 0 Å². The quantitative estimate of drug-likeness (QED) is 0.636. The minimum atomic E-state index is 0.868. The minimum absolute atomic E-state index is 0.868. The van der Waals surface area contributed by atoms with Gasteiger partial charge >= 0.3 is 0 Å². The molecular formula is C20H17O. The first-order valence-electron chi connectivity index (χ1n) is 6.95. The zero-order valence-corrected chi connectivity index (χ0v) is 12.0. The number of hydrogen-bond donors (Lipinski definition) is 0. The van der Waals surface area contributed by atoms with Crippen LogP contribution in [0, 0.1) is 6.92 Å². The summed E-state index contributed by atoms with van der Waals surface area (Å²) in [4.78, 5) is 0. The predicted molar refractivity (Wildman–Crippen MR) is 88.3 cm³/mol. The average molecular weight is 273 g/mol. The van der Waals surface area contributed by atoms with E-state index in [2.05, 4.69) is 31.2 Å². The Morgan fingerprint density at radius 2 is 1.19 bits per heavy atom. The molecule has 0 spiro atoms. The highest BCUT2D eigenvalue weighted by atomic mass is 16.5. The number of benzene rings is 3. The molecule has 0 aliphatic rings. The van der Waals surface area contributed by atoms with Gasteiger partial charge in [-0.1, -0.05) is 66.7 Å². The molecule has 103 valence electrons. The third-order valence-corrected chi connectivity index (χ3v) is 3.60. The molecule has 0 aromatic heterocycles. The van der Waals surface area contributed by atoms with Gasteiger partial charge in [-0.2, -0.15) is 0 Å². The van der Waals surface area contributed by atoms with Gasteiger partial charge in [0.1, 0.15) is 5.75 Å². The van der Waals surface area contributed by atoms with Crippen molar-refractivity contribution in [3.8, 4) is 28.0 Å². The van der Waals surface area contributed by atoms with Crippen molar-refractivity contribution in [2.75, 3.05) is 7.11 Å². The molecule has 3 rings (SSSR count). The molecule has 21 heavy (non-hydrogen) atoms. The molecule has 3 aromatic rings. The average Bonchev–Trinajstić information content (AvgIpc) is 2.56. The molecule has 0 atom stereocenters. The second-order valence-electron chi connectivity index (χ2n) is 4.91. The SMILES string of the molecule is [CH2]c1ccc(OC)c(-c2ccccc2)c1-c1ccccc1. The summed E-state index contributed by atoms with van der Waals surface area (Å²) in [5.41, 5.74) is 5.51. The van der Waals surface area contributed by atoms with Crippen molar-refractivity contribution in [3.05, 3.63) is 85.3 Å². The summed E-state index contributed by atoms with van der Waals surface area (Å²) in [6.07, 6.45) is 0. The summed E-state index contributed by atoms with van der Waals surface area (Å²) in [5.74, 6) is 0.868. The lowest BCUT2D eigenvalue weighted by Gasteiger charge is -2.17. The van der Waals surface area contributed by atoms with E-state index in [-0.39, 0.29) is 0 Å². The van der Waals surface area contributed by atoms with E-state index in [9.17, 15) is 0 Å². The van der Waals surface area contributed by atoms with E-state index < -0.39 is 0 Å². The van der Waals surface area contributed by atoms with E-state index >= 15 is 0 Å². The van der Waals surface area contributed by atoms with E-state index in [0.717, 1.165) is 33.6 Å². The Labute approximate surface area is 125 Å². The van der Waals surface area contributed by atoms with Crippen molar-refractivity contribution in [3.63, 3.8) is 0 Å². The van der Waals surface area contributed by atoms with Crippen LogP contribution in [0.5, 0.6) is 5.75 Å². The van der Waals surface area contributed by atoms with Crippen molar-refractivity contribution in [1.82, 2.24) is 0 Å². The fourth-order valence-electron chi connectivity index (χ4n) is 2.62. The van der Waals surface area contributed by atoms with Crippen LogP contribution in [0.15, 0.2) is 72.8 Å². The molecule has 1 radical (unpaired) electrons. The zero-order valence-electron chi connectivity index (χ0n) is 12.0. The number of hydrogen-bond acceptors (Lipinski definition) is 1. The van der Waals surface area contributed by atoms with E-state index in [1.165, 1.54) is 0 Å². The maximum Gasteiger partial charge on any atom is 0.127 e. The first-order chi connectivity index (χ1) is 10.3. The van der Waals surface area contributed by atoms with Gasteiger partial charge in [0, 0.05) is 5.56 Å². The molecule has 0 amide bonds. The van der Waals surface area contributed by atoms with E-state index in [0.29, 0.717) is 0 Å². The molecule has 0 unspecified atom stereocenters. The molecule has 0 saturated heterocycles. The largest absolute Gasteiger partial charge is 0.496 e. The van der Waals surface area contributed by atoms with Crippen LogP contribution in [0.25, 0.3) is 22.3 Å². The van der Waals surface area contributed by atoms with Crippen LogP contribution in [0.1, 0.15) is 5.56 Å². The molecule has 0 heterocycles. The molecule has 0 aliphatic heterocycles. The van der Waals surface area contributed by atoms with Gasteiger partial charge in [-0.15, -0.1) is 0 Å². The van der Waals surface area contributed by atoms with E-state index in [1.54, 1.807) is 7.11 Å². The lowest BCUT2D eigenvalue weighted by atomic mass is 9.90. The van der Waals surface area contributed by atoms with Gasteiger partial charge in [0.25, 0.3) is 0 Å². The summed E-state index contributed by atoms with van der Waals surface area (Å²) >= 11 is 0. The normalized spacial score (nSPS) is 10.4. The second kappa shape index (κ2) is 5.84. The van der Waals surface area contributed by atoms with E-state index in [4.69, 9.17) is 4.74 Å². The summed E-state index contributed by atoms with van der Waals surface area (Å²) < 4.78 is 5.59. The van der Waals surface area contributed by atoms with Gasteiger partial charge in [0.2, 0.25) is 0 Å². The molecular weight excluding hydrogens is 256 g/mol. The first-order valence-corrected chi connectivity index (χ1v) is 6.95. The number of ether oxygens (including phenoxy) is 1. The molecule has 0 aliphatic carbocycles. The summed E-state index contributed by atoms with van der Waals surface area (Å²) in [6, 6.07) is 24.6. The van der Waals surface area contributed by atoms with Gasteiger partial charge in [-0.3, -0.25) is 0 Å². The van der Waals surface area contributed by atoms with Crippen molar-refractivity contribution >= 4 is 0 Å². The summed E-state index contributed by atoms with van der Waals surface area (Å²) in [7, 11) is 1.71. The van der Waals surface area contributed by atoms with Crippen LogP contribution in [0.4, 0.5) is 0 Å². The number of methoxy groups -OCH3 is 1. The molecule has 0 bridgehead atoms. The second-order valence-corrected chi connectivity index (χ2v) is 4.91. The Kier molecular flexibility index (Phi) is 3.74. The standard InChI is InChI=1S/C20H17O/c1-15-13-14-18(21-2)20(17-11-7-4-8-12-17)19(15)16-9-5-3-6-10-16/h3-14H,1H2,2H3. The maximum atomic E-state index is 5.59. The fraction of sp³-hybridized carbons (Fsp3) is 0.0500. The molecule has 0 N–H and O–H groups in total. The topological polar surface area (TPSA) is 9.23 Å². The maximum absolute atomic E-state index is 5.59. The molecule has 3 aromatic carbocycles. The summed E-state index contributed by atoms with van der Waals surface area (Å²) in [6.45, 7) is 4.20. The van der Waals surface area contributed by atoms with Crippen LogP contribution in [0.2, 0.25) is 0 Å². The molecule has 0 saturated carbocycles. The Morgan fingerprint density at radius 1 is 0.667 bits per heavy atom. The van der Waals surface area contributed by atoms with Crippen LogP contribution >= 0.6 is 0 Å². The van der Waals surface area contributed by atoms with Crippen molar-refractivity contribution in [2.45, 2.75) is 0 Å². The fourth-order valence-corrected chi connectivity index (χ4v) is 2.62. The highest BCUT2D eigenvalue weighted by molar-refractivity contribution is 5.90. The highest BCUT2D eigenvalue weighted by Crippen LogP contribution is 2.41. The highest BCUT2D eigenvalue weighted by Gasteiger charge is 2.15.